The van der Waals surface area contributed by atoms with Gasteiger partial charge in [-0.2, -0.15) is 0 Å². The van der Waals surface area contributed by atoms with Crippen molar-refractivity contribution in [2.45, 2.75) is 31.8 Å². The molecule has 0 atom stereocenters. The van der Waals surface area contributed by atoms with E-state index in [4.69, 9.17) is 19.9 Å². The molecule has 29 heavy (non-hydrogen) atoms. The lowest BCUT2D eigenvalue weighted by Gasteiger charge is -2.14. The topological polar surface area (TPSA) is 70.8 Å². The molecule has 0 radical (unpaired) electrons. The first kappa shape index (κ1) is 19.1. The molecule has 0 bridgehead atoms. The minimum Gasteiger partial charge on any atom is -0.489 e. The van der Waals surface area contributed by atoms with E-state index in [0.29, 0.717) is 30.2 Å². The zero-order valence-corrected chi connectivity index (χ0v) is 16.3. The maximum atomic E-state index is 12.4. The minimum atomic E-state index is -0.325. The quantitative estimate of drug-likeness (QED) is 0.349. The van der Waals surface area contributed by atoms with Crippen molar-refractivity contribution in [2.75, 3.05) is 18.9 Å². The van der Waals surface area contributed by atoms with E-state index >= 15 is 0 Å². The monoisotopic (exact) mass is 391 g/mol. The molecule has 1 aliphatic carbocycles. The Labute approximate surface area is 170 Å². The van der Waals surface area contributed by atoms with Gasteiger partial charge in [-0.3, -0.25) is 0 Å². The fourth-order valence-electron chi connectivity index (χ4n) is 3.64. The number of hydrogen-bond acceptors (Lipinski definition) is 5. The van der Waals surface area contributed by atoms with E-state index in [2.05, 4.69) is 12.1 Å². The Hall–Kier alpha value is -3.21. The van der Waals surface area contributed by atoms with Gasteiger partial charge in [0.25, 0.3) is 0 Å². The lowest BCUT2D eigenvalue weighted by atomic mass is 10.1. The average molecular weight is 391 g/mol. The summed E-state index contributed by atoms with van der Waals surface area (Å²) in [7, 11) is 0. The van der Waals surface area contributed by atoms with Crippen molar-refractivity contribution in [1.29, 1.82) is 0 Å². The van der Waals surface area contributed by atoms with E-state index in [1.807, 2.05) is 30.3 Å². The van der Waals surface area contributed by atoms with Gasteiger partial charge in [-0.05, 0) is 55.3 Å². The van der Waals surface area contributed by atoms with Gasteiger partial charge < -0.3 is 19.9 Å². The number of rotatable bonds is 7. The second kappa shape index (κ2) is 8.86. The maximum absolute atomic E-state index is 12.4. The zero-order chi connectivity index (χ0) is 20.1. The van der Waals surface area contributed by atoms with Crippen LogP contribution in [0.2, 0.25) is 0 Å². The van der Waals surface area contributed by atoms with Crippen LogP contribution in [0.25, 0.3) is 10.8 Å². The smallest absolute Gasteiger partial charge is 0.338 e. The number of anilines is 1. The number of carbonyl (C=O) groups excluding carboxylic acids is 1. The predicted molar refractivity (Wildman–Crippen MR) is 113 cm³/mol. The molecule has 2 N–H and O–H groups in total. The molecule has 5 heteroatoms. The molecule has 0 saturated heterocycles. The summed E-state index contributed by atoms with van der Waals surface area (Å²) in [6.45, 7) is 0.679. The Balaban J connectivity index is 1.35. The molecule has 1 aliphatic rings. The molecule has 5 nitrogen and oxygen atoms in total. The summed E-state index contributed by atoms with van der Waals surface area (Å²) in [4.78, 5) is 12.4. The Morgan fingerprint density at radius 1 is 0.897 bits per heavy atom. The van der Waals surface area contributed by atoms with Gasteiger partial charge in [-0.1, -0.05) is 36.4 Å². The summed E-state index contributed by atoms with van der Waals surface area (Å²) in [5.74, 6) is 0.953. The third-order valence-electron chi connectivity index (χ3n) is 5.17. The van der Waals surface area contributed by atoms with Crippen LogP contribution in [0.1, 0.15) is 36.0 Å². The van der Waals surface area contributed by atoms with Gasteiger partial charge >= 0.3 is 5.97 Å². The van der Waals surface area contributed by atoms with Crippen LogP contribution in [0.4, 0.5) is 5.69 Å². The Morgan fingerprint density at radius 3 is 2.45 bits per heavy atom. The highest BCUT2D eigenvalue weighted by Gasteiger charge is 2.20. The third kappa shape index (κ3) is 4.62. The normalized spacial score (nSPS) is 14.1. The summed E-state index contributed by atoms with van der Waals surface area (Å²) in [5, 5.41) is 2.19. The number of nitrogens with two attached hydrogens (primary N) is 1. The largest absolute Gasteiger partial charge is 0.489 e. The van der Waals surface area contributed by atoms with Gasteiger partial charge in [0.05, 0.1) is 11.3 Å². The number of benzene rings is 3. The van der Waals surface area contributed by atoms with Crippen LogP contribution in [-0.2, 0) is 4.74 Å². The molecule has 3 aromatic carbocycles. The Morgan fingerprint density at radius 2 is 1.62 bits per heavy atom. The van der Waals surface area contributed by atoms with E-state index in [1.165, 1.54) is 0 Å². The highest BCUT2D eigenvalue weighted by molar-refractivity contribution is 5.91. The molecule has 4 rings (SSSR count). The standard InChI is InChI=1S/C24H25NO4/c25-21-13-12-18(24(26)29-19-8-2-3-9-19)16-23(21)28-15-14-27-22-11-5-7-17-6-1-4-10-20(17)22/h1,4-7,10-13,16,19H,2-3,8-9,14-15,25H2. The van der Waals surface area contributed by atoms with E-state index in [9.17, 15) is 4.79 Å². The molecule has 0 aromatic heterocycles. The minimum absolute atomic E-state index is 0.0264. The van der Waals surface area contributed by atoms with Crippen LogP contribution >= 0.6 is 0 Å². The highest BCUT2D eigenvalue weighted by Crippen LogP contribution is 2.27. The van der Waals surface area contributed by atoms with Gasteiger partial charge in [0.1, 0.15) is 30.8 Å². The molecule has 0 unspecified atom stereocenters. The van der Waals surface area contributed by atoms with Crippen molar-refractivity contribution >= 4 is 22.4 Å². The van der Waals surface area contributed by atoms with Crippen LogP contribution in [0.5, 0.6) is 11.5 Å². The van der Waals surface area contributed by atoms with E-state index < -0.39 is 0 Å². The van der Waals surface area contributed by atoms with Gasteiger partial charge in [0.2, 0.25) is 0 Å². The van der Waals surface area contributed by atoms with E-state index in [-0.39, 0.29) is 12.1 Å². The summed E-state index contributed by atoms with van der Waals surface area (Å²) >= 11 is 0. The number of fused-ring (bicyclic) bond motifs is 1. The zero-order valence-electron chi connectivity index (χ0n) is 16.3. The molecule has 1 fully saturated rings. The van der Waals surface area contributed by atoms with Crippen LogP contribution < -0.4 is 15.2 Å². The molecule has 1 saturated carbocycles. The number of ether oxygens (including phenoxy) is 3. The number of nitrogen functional groups attached to an aromatic ring is 1. The van der Waals surface area contributed by atoms with Gasteiger partial charge in [0.15, 0.2) is 0 Å². The third-order valence-corrected chi connectivity index (χ3v) is 5.17. The molecule has 0 amide bonds. The summed E-state index contributed by atoms with van der Waals surface area (Å²) in [6.07, 6.45) is 4.14. The van der Waals surface area contributed by atoms with E-state index in [1.54, 1.807) is 18.2 Å². The lowest BCUT2D eigenvalue weighted by molar-refractivity contribution is 0.0317. The first-order valence-electron chi connectivity index (χ1n) is 10.0. The van der Waals surface area contributed by atoms with E-state index in [0.717, 1.165) is 42.2 Å². The molecular formula is C24H25NO4. The molecule has 150 valence electrons. The predicted octanol–water partition coefficient (Wildman–Crippen LogP) is 4.98. The SMILES string of the molecule is Nc1ccc(C(=O)OC2CCCC2)cc1OCCOc1cccc2ccccc12. The summed E-state index contributed by atoms with van der Waals surface area (Å²) in [5.41, 5.74) is 6.94. The number of carbonyl (C=O) groups is 1. The second-order valence-electron chi connectivity index (χ2n) is 7.24. The maximum Gasteiger partial charge on any atom is 0.338 e. The first-order chi connectivity index (χ1) is 14.2. The van der Waals surface area contributed by atoms with Crippen LogP contribution in [0, 0.1) is 0 Å². The molecule has 0 spiro atoms. The highest BCUT2D eigenvalue weighted by atomic mass is 16.5. The van der Waals surface area contributed by atoms with Crippen molar-refractivity contribution in [3.05, 3.63) is 66.2 Å². The Kier molecular flexibility index (Phi) is 5.84. The number of esters is 1. The van der Waals surface area contributed by atoms with Crippen molar-refractivity contribution in [1.82, 2.24) is 0 Å². The molecule has 0 aliphatic heterocycles. The van der Waals surface area contributed by atoms with Crippen LogP contribution in [-0.4, -0.2) is 25.3 Å². The van der Waals surface area contributed by atoms with Gasteiger partial charge in [0, 0.05) is 5.39 Å². The van der Waals surface area contributed by atoms with Crippen LogP contribution in [0.15, 0.2) is 60.7 Å². The van der Waals surface area contributed by atoms with Crippen molar-refractivity contribution in [3.63, 3.8) is 0 Å². The summed E-state index contributed by atoms with van der Waals surface area (Å²) < 4.78 is 17.2. The lowest BCUT2D eigenvalue weighted by Crippen LogP contribution is -2.15. The molecular weight excluding hydrogens is 366 g/mol. The number of hydrogen-bond donors (Lipinski definition) is 1. The average Bonchev–Trinajstić information content (AvgIpc) is 3.25. The first-order valence-corrected chi connectivity index (χ1v) is 10.0. The summed E-state index contributed by atoms with van der Waals surface area (Å²) in [6, 6.07) is 19.0. The Bertz CT molecular complexity index is 990. The van der Waals surface area contributed by atoms with Crippen molar-refractivity contribution < 1.29 is 19.0 Å². The fraction of sp³-hybridized carbons (Fsp3) is 0.292. The van der Waals surface area contributed by atoms with Crippen LogP contribution in [0.3, 0.4) is 0 Å². The van der Waals surface area contributed by atoms with Crippen molar-refractivity contribution in [3.8, 4) is 11.5 Å². The van der Waals surface area contributed by atoms with Gasteiger partial charge in [-0.25, -0.2) is 4.79 Å². The fourth-order valence-corrected chi connectivity index (χ4v) is 3.64. The molecule has 0 heterocycles. The van der Waals surface area contributed by atoms with Crippen molar-refractivity contribution in [2.24, 2.45) is 0 Å². The molecule has 3 aromatic rings. The van der Waals surface area contributed by atoms with Gasteiger partial charge in [-0.15, -0.1) is 0 Å². The second-order valence-corrected chi connectivity index (χ2v) is 7.24.